The molecule has 2 aromatic heterocycles. The van der Waals surface area contributed by atoms with E-state index in [4.69, 9.17) is 10.5 Å². The van der Waals surface area contributed by atoms with Crippen LogP contribution < -0.4 is 11.1 Å². The molecule has 0 atom stereocenters. The molecule has 1 aliphatic carbocycles. The van der Waals surface area contributed by atoms with Crippen LogP contribution in [0.4, 0.5) is 5.82 Å². The SMILES string of the molecule is COC(=O)c1ccc2c(c1)[nH]c1ncnc(N[C@H]3CC[C@@H](N)CC3)c12. The van der Waals surface area contributed by atoms with E-state index in [0.29, 0.717) is 17.6 Å². The van der Waals surface area contributed by atoms with Gasteiger partial charge in [-0.3, -0.25) is 0 Å². The van der Waals surface area contributed by atoms with Crippen LogP contribution in [0.25, 0.3) is 21.9 Å². The Balaban J connectivity index is 1.73. The summed E-state index contributed by atoms with van der Waals surface area (Å²) in [5.74, 6) is 0.464. The zero-order chi connectivity index (χ0) is 17.4. The van der Waals surface area contributed by atoms with Crippen LogP contribution in [0.2, 0.25) is 0 Å². The lowest BCUT2D eigenvalue weighted by atomic mass is 9.92. The molecule has 0 saturated heterocycles. The molecule has 1 fully saturated rings. The van der Waals surface area contributed by atoms with E-state index >= 15 is 0 Å². The first-order valence-electron chi connectivity index (χ1n) is 8.52. The number of carbonyl (C=O) groups excluding carboxylic acids is 1. The van der Waals surface area contributed by atoms with Gasteiger partial charge in [-0.2, -0.15) is 0 Å². The highest BCUT2D eigenvalue weighted by molar-refractivity contribution is 6.12. The molecule has 4 N–H and O–H groups in total. The Kier molecular flexibility index (Phi) is 4.01. The second-order valence-corrected chi connectivity index (χ2v) is 6.58. The molecular weight excluding hydrogens is 318 g/mol. The van der Waals surface area contributed by atoms with Gasteiger partial charge in [0.15, 0.2) is 0 Å². The molecule has 1 saturated carbocycles. The lowest BCUT2D eigenvalue weighted by Crippen LogP contribution is -2.33. The average Bonchev–Trinajstić information content (AvgIpc) is 3.01. The molecule has 3 aromatic rings. The summed E-state index contributed by atoms with van der Waals surface area (Å²) in [6, 6.07) is 6.14. The van der Waals surface area contributed by atoms with Crippen LogP contribution in [-0.2, 0) is 4.74 Å². The van der Waals surface area contributed by atoms with Crippen LogP contribution >= 0.6 is 0 Å². The highest BCUT2D eigenvalue weighted by atomic mass is 16.5. The zero-order valence-electron chi connectivity index (χ0n) is 14.1. The number of anilines is 1. The fourth-order valence-corrected chi connectivity index (χ4v) is 3.54. The Hall–Kier alpha value is -2.67. The number of hydrogen-bond donors (Lipinski definition) is 3. The van der Waals surface area contributed by atoms with E-state index in [1.54, 1.807) is 18.5 Å². The van der Waals surface area contributed by atoms with Gasteiger partial charge < -0.3 is 20.8 Å². The first-order valence-corrected chi connectivity index (χ1v) is 8.52. The molecule has 0 bridgehead atoms. The number of esters is 1. The normalized spacial score (nSPS) is 20.7. The van der Waals surface area contributed by atoms with Gasteiger partial charge in [0, 0.05) is 23.0 Å². The fraction of sp³-hybridized carbons (Fsp3) is 0.389. The minimum absolute atomic E-state index is 0.313. The third-order valence-corrected chi connectivity index (χ3v) is 4.92. The molecule has 7 heteroatoms. The van der Waals surface area contributed by atoms with Crippen LogP contribution in [-0.4, -0.2) is 40.1 Å². The number of ether oxygens (including phenoxy) is 1. The van der Waals surface area contributed by atoms with E-state index < -0.39 is 0 Å². The molecule has 1 aliphatic rings. The molecule has 130 valence electrons. The number of nitrogens with two attached hydrogens (primary N) is 1. The Morgan fingerprint density at radius 1 is 1.28 bits per heavy atom. The maximum atomic E-state index is 11.7. The number of methoxy groups -OCH3 is 1. The molecule has 0 radical (unpaired) electrons. The quantitative estimate of drug-likeness (QED) is 0.633. The highest BCUT2D eigenvalue weighted by Gasteiger charge is 2.20. The Morgan fingerprint density at radius 3 is 2.84 bits per heavy atom. The Labute approximate surface area is 145 Å². The lowest BCUT2D eigenvalue weighted by Gasteiger charge is -2.27. The summed E-state index contributed by atoms with van der Waals surface area (Å²) in [6.45, 7) is 0. The van der Waals surface area contributed by atoms with Gasteiger partial charge in [0.2, 0.25) is 0 Å². The van der Waals surface area contributed by atoms with Crippen LogP contribution in [0, 0.1) is 0 Å². The number of aromatic amines is 1. The van der Waals surface area contributed by atoms with Crippen LogP contribution in [0.15, 0.2) is 24.5 Å². The molecule has 2 heterocycles. The number of rotatable bonds is 3. The van der Waals surface area contributed by atoms with Crippen LogP contribution in [0.1, 0.15) is 36.0 Å². The van der Waals surface area contributed by atoms with Crippen molar-refractivity contribution in [2.45, 2.75) is 37.8 Å². The molecule has 0 unspecified atom stereocenters. The molecule has 25 heavy (non-hydrogen) atoms. The Morgan fingerprint density at radius 2 is 2.08 bits per heavy atom. The summed E-state index contributed by atoms with van der Waals surface area (Å²) in [7, 11) is 1.38. The summed E-state index contributed by atoms with van der Waals surface area (Å²) in [5, 5.41) is 5.49. The van der Waals surface area contributed by atoms with Gasteiger partial charge in [-0.05, 0) is 37.8 Å². The average molecular weight is 339 g/mol. The molecule has 1 aromatic carbocycles. The predicted molar refractivity (Wildman–Crippen MR) is 96.6 cm³/mol. The van der Waals surface area contributed by atoms with Gasteiger partial charge in [0.05, 0.1) is 18.1 Å². The van der Waals surface area contributed by atoms with Gasteiger partial charge in [0.1, 0.15) is 17.8 Å². The van der Waals surface area contributed by atoms with E-state index in [-0.39, 0.29) is 5.97 Å². The number of hydrogen-bond acceptors (Lipinski definition) is 6. The second kappa shape index (κ2) is 6.33. The minimum atomic E-state index is -0.358. The molecule has 7 nitrogen and oxygen atoms in total. The predicted octanol–water partition coefficient (Wildman–Crippen LogP) is 2.58. The minimum Gasteiger partial charge on any atom is -0.465 e. The summed E-state index contributed by atoms with van der Waals surface area (Å²) < 4.78 is 4.79. The van der Waals surface area contributed by atoms with Gasteiger partial charge in [-0.25, -0.2) is 14.8 Å². The molecule has 0 aliphatic heterocycles. The number of benzene rings is 1. The molecular formula is C18H21N5O2. The van der Waals surface area contributed by atoms with E-state index in [1.165, 1.54) is 7.11 Å². The van der Waals surface area contributed by atoms with Crippen molar-refractivity contribution in [2.24, 2.45) is 5.73 Å². The third kappa shape index (κ3) is 2.91. The number of fused-ring (bicyclic) bond motifs is 3. The number of aromatic nitrogens is 3. The number of nitrogens with zero attached hydrogens (tertiary/aromatic N) is 2. The summed E-state index contributed by atoms with van der Waals surface area (Å²) in [5.41, 5.74) is 8.09. The van der Waals surface area contributed by atoms with E-state index in [1.807, 2.05) is 6.07 Å². The highest BCUT2D eigenvalue weighted by Crippen LogP contribution is 2.31. The summed E-state index contributed by atoms with van der Waals surface area (Å²) in [4.78, 5) is 23.8. The number of nitrogens with one attached hydrogen (secondary N) is 2. The topological polar surface area (TPSA) is 106 Å². The first kappa shape index (κ1) is 15.8. The van der Waals surface area contributed by atoms with Gasteiger partial charge in [0.25, 0.3) is 0 Å². The molecule has 0 spiro atoms. The van der Waals surface area contributed by atoms with Gasteiger partial charge in [-0.1, -0.05) is 6.07 Å². The zero-order valence-corrected chi connectivity index (χ0v) is 14.1. The number of carbonyl (C=O) groups is 1. The van der Waals surface area contributed by atoms with Crippen molar-refractivity contribution in [1.29, 1.82) is 0 Å². The van der Waals surface area contributed by atoms with Crippen molar-refractivity contribution in [2.75, 3.05) is 12.4 Å². The van der Waals surface area contributed by atoms with Gasteiger partial charge >= 0.3 is 5.97 Å². The van der Waals surface area contributed by atoms with Crippen molar-refractivity contribution < 1.29 is 9.53 Å². The van der Waals surface area contributed by atoms with Crippen molar-refractivity contribution in [3.05, 3.63) is 30.1 Å². The first-order chi connectivity index (χ1) is 12.2. The number of H-pyrrole nitrogens is 1. The summed E-state index contributed by atoms with van der Waals surface area (Å²) in [6.07, 6.45) is 5.70. The van der Waals surface area contributed by atoms with Gasteiger partial charge in [-0.15, -0.1) is 0 Å². The van der Waals surface area contributed by atoms with E-state index in [2.05, 4.69) is 20.3 Å². The lowest BCUT2D eigenvalue weighted by molar-refractivity contribution is 0.0601. The standard InChI is InChI=1S/C18H21N5O2/c1-25-18(24)10-2-7-13-14(8-10)23-17-15(13)16(20-9-21-17)22-12-5-3-11(19)4-6-12/h2,7-9,11-12H,3-6,19H2,1H3,(H2,20,21,22,23)/t11-,12+. The van der Waals surface area contributed by atoms with E-state index in [0.717, 1.165) is 53.4 Å². The van der Waals surface area contributed by atoms with Crippen molar-refractivity contribution >= 4 is 33.7 Å². The maximum absolute atomic E-state index is 11.7. The monoisotopic (exact) mass is 339 g/mol. The van der Waals surface area contributed by atoms with Crippen LogP contribution in [0.3, 0.4) is 0 Å². The Bertz CT molecular complexity index is 928. The second-order valence-electron chi connectivity index (χ2n) is 6.58. The summed E-state index contributed by atoms with van der Waals surface area (Å²) >= 11 is 0. The van der Waals surface area contributed by atoms with Crippen molar-refractivity contribution in [3.63, 3.8) is 0 Å². The smallest absolute Gasteiger partial charge is 0.337 e. The largest absolute Gasteiger partial charge is 0.465 e. The van der Waals surface area contributed by atoms with E-state index in [9.17, 15) is 4.79 Å². The van der Waals surface area contributed by atoms with Crippen molar-refractivity contribution in [3.8, 4) is 0 Å². The van der Waals surface area contributed by atoms with Crippen molar-refractivity contribution in [1.82, 2.24) is 15.0 Å². The van der Waals surface area contributed by atoms with Crippen LogP contribution in [0.5, 0.6) is 0 Å². The molecule has 0 amide bonds. The maximum Gasteiger partial charge on any atom is 0.337 e. The molecule has 4 rings (SSSR count). The fourth-order valence-electron chi connectivity index (χ4n) is 3.54. The third-order valence-electron chi connectivity index (χ3n) is 4.92.